The van der Waals surface area contributed by atoms with E-state index in [0.29, 0.717) is 0 Å². The monoisotopic (exact) mass is 309 g/mol. The molecule has 0 atom stereocenters. The van der Waals surface area contributed by atoms with E-state index in [2.05, 4.69) is 36.4 Å². The summed E-state index contributed by atoms with van der Waals surface area (Å²) in [6.45, 7) is 0. The molecular weight excluding hydrogens is 298 g/mol. The molecule has 1 nitrogen and oxygen atoms in total. The predicted octanol–water partition coefficient (Wildman–Crippen LogP) is 1.21. The fraction of sp³-hybridized carbons (Fsp3) is 0. The zero-order valence-electron chi connectivity index (χ0n) is 8.05. The molecule has 0 radical (unpaired) electrons. The molecule has 0 heterocycles. The van der Waals surface area contributed by atoms with Crippen LogP contribution in [0.15, 0.2) is 54.6 Å². The van der Waals surface area contributed by atoms with E-state index in [0.717, 1.165) is 5.56 Å². The van der Waals surface area contributed by atoms with Crippen LogP contribution in [0.2, 0.25) is 0 Å². The van der Waals surface area contributed by atoms with Crippen LogP contribution in [0, 0.1) is 11.3 Å². The molecule has 0 spiro atoms. The number of nitrogens with zero attached hydrogens (tertiary/aromatic N) is 1. The van der Waals surface area contributed by atoms with Crippen molar-refractivity contribution in [2.45, 2.75) is 0 Å². The molecule has 0 unspecified atom stereocenters. The molecule has 0 fully saturated rings. The maximum absolute atomic E-state index is 8.97. The Labute approximate surface area is 99.4 Å². The predicted molar refractivity (Wildman–Crippen MR) is 62.6 cm³/mol. The van der Waals surface area contributed by atoms with Gasteiger partial charge in [0.1, 0.15) is 0 Å². The van der Waals surface area contributed by atoms with Crippen molar-refractivity contribution in [3.8, 4) is 6.07 Å². The van der Waals surface area contributed by atoms with Gasteiger partial charge in [0.05, 0.1) is 0 Å². The summed E-state index contributed by atoms with van der Waals surface area (Å²) in [6.07, 6.45) is 0. The Bertz CT molecular complexity index is 485. The van der Waals surface area contributed by atoms with Crippen molar-refractivity contribution in [2.24, 2.45) is 0 Å². The molecule has 0 aromatic heterocycles. The molecular formula is C13H9NTe. The molecule has 2 aromatic carbocycles. The van der Waals surface area contributed by atoms with Crippen LogP contribution in [-0.2, 0) is 0 Å². The fourth-order valence-corrected chi connectivity index (χ4v) is 3.88. The third-order valence-corrected chi connectivity index (χ3v) is 5.07. The van der Waals surface area contributed by atoms with E-state index in [4.69, 9.17) is 5.26 Å². The molecule has 0 saturated heterocycles. The van der Waals surface area contributed by atoms with Gasteiger partial charge in [-0.25, -0.2) is 0 Å². The number of hydrogen-bond acceptors (Lipinski definition) is 1. The number of hydrogen-bond donors (Lipinski definition) is 0. The van der Waals surface area contributed by atoms with Crippen LogP contribution in [0.25, 0.3) is 0 Å². The van der Waals surface area contributed by atoms with Crippen molar-refractivity contribution in [3.63, 3.8) is 0 Å². The quantitative estimate of drug-likeness (QED) is 0.765. The normalized spacial score (nSPS) is 9.53. The Morgan fingerprint density at radius 2 is 1.53 bits per heavy atom. The summed E-state index contributed by atoms with van der Waals surface area (Å²) in [7, 11) is 0. The van der Waals surface area contributed by atoms with Crippen LogP contribution in [-0.4, -0.2) is 20.9 Å². The zero-order chi connectivity index (χ0) is 10.5. The van der Waals surface area contributed by atoms with Gasteiger partial charge in [0.25, 0.3) is 0 Å². The molecule has 0 N–H and O–H groups in total. The zero-order valence-corrected chi connectivity index (χ0v) is 10.4. The number of rotatable bonds is 2. The van der Waals surface area contributed by atoms with E-state index in [1.165, 1.54) is 7.22 Å². The van der Waals surface area contributed by atoms with Crippen LogP contribution >= 0.6 is 0 Å². The van der Waals surface area contributed by atoms with Crippen molar-refractivity contribution in [2.75, 3.05) is 0 Å². The second-order valence-corrected chi connectivity index (χ2v) is 6.21. The Hall–Kier alpha value is -1.28. The summed E-state index contributed by atoms with van der Waals surface area (Å²) in [5.74, 6) is 0. The molecule has 2 heteroatoms. The summed E-state index contributed by atoms with van der Waals surface area (Å²) in [5, 5.41) is 8.97. The molecule has 72 valence electrons. The van der Waals surface area contributed by atoms with Crippen molar-refractivity contribution >= 4 is 28.1 Å². The summed E-state index contributed by atoms with van der Waals surface area (Å²) in [5.41, 5.74) is 0.823. The Morgan fingerprint density at radius 3 is 2.27 bits per heavy atom. The molecule has 0 aliphatic heterocycles. The molecule has 0 aliphatic carbocycles. The minimum absolute atomic E-state index is 0.412. The first kappa shape index (κ1) is 10.2. The van der Waals surface area contributed by atoms with Crippen molar-refractivity contribution in [1.29, 1.82) is 5.26 Å². The van der Waals surface area contributed by atoms with Crippen molar-refractivity contribution in [3.05, 3.63) is 60.2 Å². The van der Waals surface area contributed by atoms with Crippen LogP contribution in [0.4, 0.5) is 0 Å². The van der Waals surface area contributed by atoms with Crippen molar-refractivity contribution < 1.29 is 0 Å². The first-order chi connectivity index (χ1) is 7.40. The third kappa shape index (κ3) is 2.60. The summed E-state index contributed by atoms with van der Waals surface area (Å²) in [4.78, 5) is 0. The molecule has 0 amide bonds. The van der Waals surface area contributed by atoms with Gasteiger partial charge in [-0.2, -0.15) is 0 Å². The van der Waals surface area contributed by atoms with Crippen LogP contribution in [0.3, 0.4) is 0 Å². The van der Waals surface area contributed by atoms with E-state index < -0.39 is 20.9 Å². The first-order valence-corrected chi connectivity index (χ1v) is 6.95. The summed E-state index contributed by atoms with van der Waals surface area (Å²) < 4.78 is 2.59. The van der Waals surface area contributed by atoms with Gasteiger partial charge in [-0.05, 0) is 0 Å². The van der Waals surface area contributed by atoms with Crippen LogP contribution < -0.4 is 7.22 Å². The molecule has 2 aromatic rings. The van der Waals surface area contributed by atoms with Crippen LogP contribution in [0.5, 0.6) is 0 Å². The minimum atomic E-state index is -0.412. The molecule has 15 heavy (non-hydrogen) atoms. The Morgan fingerprint density at radius 1 is 0.867 bits per heavy atom. The molecule has 2 rings (SSSR count). The molecule has 0 aliphatic rings. The average Bonchev–Trinajstić information content (AvgIpc) is 2.31. The third-order valence-electron chi connectivity index (χ3n) is 1.98. The average molecular weight is 307 g/mol. The van der Waals surface area contributed by atoms with Gasteiger partial charge in [-0.15, -0.1) is 0 Å². The van der Waals surface area contributed by atoms with Gasteiger partial charge in [-0.3, -0.25) is 0 Å². The van der Waals surface area contributed by atoms with Gasteiger partial charge in [0.2, 0.25) is 0 Å². The molecule has 0 bridgehead atoms. The van der Waals surface area contributed by atoms with Crippen molar-refractivity contribution in [1.82, 2.24) is 0 Å². The van der Waals surface area contributed by atoms with E-state index >= 15 is 0 Å². The maximum atomic E-state index is 8.97. The topological polar surface area (TPSA) is 23.8 Å². The van der Waals surface area contributed by atoms with E-state index in [1.54, 1.807) is 0 Å². The Balaban J connectivity index is 2.29. The summed E-state index contributed by atoms with van der Waals surface area (Å²) >= 11 is -0.412. The van der Waals surface area contributed by atoms with E-state index in [9.17, 15) is 0 Å². The fourth-order valence-electron chi connectivity index (χ4n) is 1.26. The van der Waals surface area contributed by atoms with Gasteiger partial charge in [0.15, 0.2) is 0 Å². The van der Waals surface area contributed by atoms with Crippen LogP contribution in [0.1, 0.15) is 5.56 Å². The number of nitriles is 1. The van der Waals surface area contributed by atoms with Gasteiger partial charge in [-0.1, -0.05) is 0 Å². The molecule has 0 saturated carbocycles. The van der Waals surface area contributed by atoms with E-state index in [-0.39, 0.29) is 0 Å². The SMILES string of the molecule is N#Cc1ccccc1[Te]c1ccccc1. The standard InChI is InChI=1S/C13H9NTe/c14-10-11-6-4-5-9-13(11)15-12-7-2-1-3-8-12/h1-9H. The second kappa shape index (κ2) is 4.99. The summed E-state index contributed by atoms with van der Waals surface area (Å²) in [6, 6.07) is 20.5. The first-order valence-electron chi connectivity index (χ1n) is 4.62. The van der Waals surface area contributed by atoms with E-state index in [1.807, 2.05) is 24.3 Å². The second-order valence-electron chi connectivity index (χ2n) is 3.02. The van der Waals surface area contributed by atoms with Gasteiger partial charge < -0.3 is 0 Å². The van der Waals surface area contributed by atoms with Gasteiger partial charge in [0, 0.05) is 0 Å². The Kier molecular flexibility index (Phi) is 3.40. The number of benzene rings is 2. The van der Waals surface area contributed by atoms with Gasteiger partial charge >= 0.3 is 99.6 Å².